The third-order valence-corrected chi connectivity index (χ3v) is 5.96. The van der Waals surface area contributed by atoms with E-state index in [2.05, 4.69) is 0 Å². The van der Waals surface area contributed by atoms with Crippen LogP contribution in [-0.4, -0.2) is 50.9 Å². The first-order chi connectivity index (χ1) is 15.8. The zero-order chi connectivity index (χ0) is 23.7. The number of ether oxygens (including phenoxy) is 1. The fourth-order valence-corrected chi connectivity index (χ4v) is 4.37. The average Bonchev–Trinajstić information content (AvgIpc) is 3.33. The number of methoxy groups -OCH3 is 1. The number of carbonyl (C=O) groups excluding carboxylic acids is 2. The minimum Gasteiger partial charge on any atom is -0.868 e. The standard InChI is InChI=1S/C25H25ClN2O5/c1-27(2)11-6-12-28-21(15-7-4-9-17(26)13-15)20(23(30)25(28)31)22(29)19-14-16-8-5-10-18(32-3)24(16)33-19/h4-5,7-10,13-14,21,30H,6,11-12H2,1-3H3. The number of furan rings is 1. The van der Waals surface area contributed by atoms with Gasteiger partial charge in [-0.15, -0.1) is 0 Å². The fourth-order valence-electron chi connectivity index (χ4n) is 4.17. The van der Waals surface area contributed by atoms with Crippen LogP contribution in [0.25, 0.3) is 11.0 Å². The number of amides is 1. The molecule has 0 saturated heterocycles. The molecule has 3 aromatic rings. The summed E-state index contributed by atoms with van der Waals surface area (Å²) in [5, 5.41) is 14.2. The van der Waals surface area contributed by atoms with Crippen molar-refractivity contribution in [3.63, 3.8) is 0 Å². The maximum absolute atomic E-state index is 13.6. The van der Waals surface area contributed by atoms with Crippen LogP contribution in [0.15, 0.2) is 64.3 Å². The molecule has 2 aromatic carbocycles. The van der Waals surface area contributed by atoms with E-state index >= 15 is 0 Å². The predicted molar refractivity (Wildman–Crippen MR) is 122 cm³/mol. The number of benzene rings is 2. The number of halogens is 1. The summed E-state index contributed by atoms with van der Waals surface area (Å²) in [6, 6.07) is 12.9. The molecule has 7 nitrogen and oxygen atoms in total. The number of hydrogen-bond donors (Lipinski definition) is 1. The van der Waals surface area contributed by atoms with Crippen molar-refractivity contribution in [3.05, 3.63) is 76.2 Å². The minimum absolute atomic E-state index is 0.0164. The van der Waals surface area contributed by atoms with Gasteiger partial charge in [-0.2, -0.15) is 0 Å². The first-order valence-corrected chi connectivity index (χ1v) is 11.1. The predicted octanol–water partition coefficient (Wildman–Crippen LogP) is 2.01. The SMILES string of the molecule is COc1cccc2cc(C(=O)C3=C([O-])C(=O)N(CCC[NH+](C)C)C3c3cccc(Cl)c3)oc12. The molecule has 0 spiro atoms. The molecule has 1 aromatic heterocycles. The molecular weight excluding hydrogens is 444 g/mol. The van der Waals surface area contributed by atoms with Gasteiger partial charge in [-0.25, -0.2) is 0 Å². The second-order valence-corrected chi connectivity index (χ2v) is 8.76. The molecule has 172 valence electrons. The maximum Gasteiger partial charge on any atom is 0.239 e. The number of ketones is 1. The molecule has 4 rings (SSSR count). The number of Topliss-reactive ketones (excluding diaryl/α,β-unsaturated/α-hetero) is 1. The van der Waals surface area contributed by atoms with Gasteiger partial charge in [0.05, 0.1) is 33.8 Å². The van der Waals surface area contributed by atoms with Crippen LogP contribution >= 0.6 is 11.6 Å². The van der Waals surface area contributed by atoms with Crippen molar-refractivity contribution >= 4 is 34.3 Å². The number of nitrogens with one attached hydrogen (secondary N) is 1. The number of para-hydroxylation sites is 1. The summed E-state index contributed by atoms with van der Waals surface area (Å²) in [5.74, 6) is -1.65. The Bertz CT molecular complexity index is 1250. The van der Waals surface area contributed by atoms with Crippen LogP contribution in [0.1, 0.15) is 28.6 Å². The van der Waals surface area contributed by atoms with Gasteiger partial charge in [-0.3, -0.25) is 9.59 Å². The number of hydrogen-bond acceptors (Lipinski definition) is 5. The van der Waals surface area contributed by atoms with Crippen molar-refractivity contribution in [2.75, 3.05) is 34.3 Å². The lowest BCUT2D eigenvalue weighted by molar-refractivity contribution is -0.858. The van der Waals surface area contributed by atoms with Crippen LogP contribution in [0.4, 0.5) is 0 Å². The van der Waals surface area contributed by atoms with E-state index in [-0.39, 0.29) is 11.3 Å². The molecule has 33 heavy (non-hydrogen) atoms. The van der Waals surface area contributed by atoms with E-state index in [0.717, 1.165) is 6.54 Å². The van der Waals surface area contributed by atoms with Crippen LogP contribution < -0.4 is 14.7 Å². The summed E-state index contributed by atoms with van der Waals surface area (Å²) in [5.41, 5.74) is 0.888. The first-order valence-electron chi connectivity index (χ1n) is 10.7. The van der Waals surface area contributed by atoms with E-state index in [0.29, 0.717) is 40.3 Å². The summed E-state index contributed by atoms with van der Waals surface area (Å²) in [7, 11) is 5.54. The number of quaternary nitrogens is 1. The molecule has 1 unspecified atom stereocenters. The molecule has 2 heterocycles. The Labute approximate surface area is 196 Å². The Balaban J connectivity index is 1.77. The van der Waals surface area contributed by atoms with Crippen LogP contribution in [0.3, 0.4) is 0 Å². The summed E-state index contributed by atoms with van der Waals surface area (Å²) in [6.45, 7) is 1.16. The fraction of sp³-hybridized carbons (Fsp3) is 0.280. The van der Waals surface area contributed by atoms with Gasteiger partial charge in [0.1, 0.15) is 0 Å². The number of rotatable bonds is 8. The van der Waals surface area contributed by atoms with Gasteiger partial charge < -0.3 is 24.1 Å². The third-order valence-electron chi connectivity index (χ3n) is 5.72. The average molecular weight is 469 g/mol. The third kappa shape index (κ3) is 4.34. The highest BCUT2D eigenvalue weighted by molar-refractivity contribution is 6.30. The van der Waals surface area contributed by atoms with E-state index in [4.69, 9.17) is 20.8 Å². The zero-order valence-corrected chi connectivity index (χ0v) is 19.4. The minimum atomic E-state index is -0.830. The van der Waals surface area contributed by atoms with Gasteiger partial charge >= 0.3 is 0 Å². The Morgan fingerprint density at radius 2 is 1.97 bits per heavy atom. The maximum atomic E-state index is 13.6. The van der Waals surface area contributed by atoms with Gasteiger partial charge in [0, 0.05) is 28.9 Å². The molecule has 0 bridgehead atoms. The largest absolute Gasteiger partial charge is 0.868 e. The molecule has 0 aliphatic carbocycles. The summed E-state index contributed by atoms with van der Waals surface area (Å²) in [6.07, 6.45) is 0.682. The molecule has 1 amide bonds. The Kier molecular flexibility index (Phi) is 6.44. The van der Waals surface area contributed by atoms with E-state index < -0.39 is 23.5 Å². The second-order valence-electron chi connectivity index (χ2n) is 8.33. The monoisotopic (exact) mass is 468 g/mol. The molecule has 1 atom stereocenters. The summed E-state index contributed by atoms with van der Waals surface area (Å²) < 4.78 is 11.1. The summed E-state index contributed by atoms with van der Waals surface area (Å²) >= 11 is 6.20. The molecule has 1 N–H and O–H groups in total. The van der Waals surface area contributed by atoms with Gasteiger partial charge in [-0.1, -0.05) is 35.9 Å². The van der Waals surface area contributed by atoms with Crippen molar-refractivity contribution < 1.29 is 28.7 Å². The highest BCUT2D eigenvalue weighted by Crippen LogP contribution is 2.40. The lowest BCUT2D eigenvalue weighted by atomic mass is 9.95. The van der Waals surface area contributed by atoms with E-state index in [9.17, 15) is 14.7 Å². The van der Waals surface area contributed by atoms with Crippen molar-refractivity contribution in [2.45, 2.75) is 12.5 Å². The molecule has 0 fully saturated rings. The van der Waals surface area contributed by atoms with Crippen LogP contribution in [0.5, 0.6) is 5.75 Å². The van der Waals surface area contributed by atoms with Gasteiger partial charge in [0.15, 0.2) is 17.1 Å². The van der Waals surface area contributed by atoms with Gasteiger partial charge in [-0.05, 0) is 35.6 Å². The quantitative estimate of drug-likeness (QED) is 0.511. The van der Waals surface area contributed by atoms with Crippen molar-refractivity contribution in [1.29, 1.82) is 0 Å². The van der Waals surface area contributed by atoms with Crippen molar-refractivity contribution in [2.24, 2.45) is 0 Å². The lowest BCUT2D eigenvalue weighted by Gasteiger charge is -2.27. The van der Waals surface area contributed by atoms with E-state index in [1.54, 1.807) is 48.5 Å². The van der Waals surface area contributed by atoms with Crippen LogP contribution in [0, 0.1) is 0 Å². The van der Waals surface area contributed by atoms with E-state index in [1.165, 1.54) is 16.9 Å². The topological polar surface area (TPSA) is 87.2 Å². The molecule has 0 radical (unpaired) electrons. The number of carbonyl (C=O) groups is 2. The molecule has 8 heteroatoms. The zero-order valence-electron chi connectivity index (χ0n) is 18.7. The van der Waals surface area contributed by atoms with Crippen LogP contribution in [0.2, 0.25) is 5.02 Å². The number of fused-ring (bicyclic) bond motifs is 1. The first kappa shape index (κ1) is 22.9. The van der Waals surface area contributed by atoms with Crippen molar-refractivity contribution in [3.8, 4) is 5.75 Å². The number of nitrogens with zero attached hydrogens (tertiary/aromatic N) is 1. The lowest BCUT2D eigenvalue weighted by Crippen LogP contribution is -3.05. The highest BCUT2D eigenvalue weighted by Gasteiger charge is 2.40. The smallest absolute Gasteiger partial charge is 0.239 e. The Morgan fingerprint density at radius 3 is 2.67 bits per heavy atom. The van der Waals surface area contributed by atoms with Gasteiger partial charge in [0.25, 0.3) is 0 Å². The normalized spacial score (nSPS) is 16.3. The molecule has 0 saturated carbocycles. The van der Waals surface area contributed by atoms with E-state index in [1.807, 2.05) is 14.1 Å². The Morgan fingerprint density at radius 1 is 1.21 bits per heavy atom. The highest BCUT2D eigenvalue weighted by atomic mass is 35.5. The van der Waals surface area contributed by atoms with Crippen LogP contribution in [-0.2, 0) is 4.79 Å². The molecular formula is C25H25ClN2O5. The molecule has 1 aliphatic rings. The molecule has 1 aliphatic heterocycles. The second kappa shape index (κ2) is 9.29. The Hall–Kier alpha value is -3.29. The van der Waals surface area contributed by atoms with Gasteiger partial charge in [0.2, 0.25) is 11.7 Å². The van der Waals surface area contributed by atoms with Crippen molar-refractivity contribution in [1.82, 2.24) is 4.90 Å². The summed E-state index contributed by atoms with van der Waals surface area (Å²) in [4.78, 5) is 29.2.